The van der Waals surface area contributed by atoms with Crippen LogP contribution < -0.4 is 10.6 Å². The highest BCUT2D eigenvalue weighted by molar-refractivity contribution is 5.93. The molecule has 1 amide bonds. The molecule has 0 bridgehead atoms. The van der Waals surface area contributed by atoms with Gasteiger partial charge in [-0.25, -0.2) is 0 Å². The van der Waals surface area contributed by atoms with Gasteiger partial charge in [-0.1, -0.05) is 12.0 Å². The fourth-order valence-corrected chi connectivity index (χ4v) is 1.13. The van der Waals surface area contributed by atoms with Crippen LogP contribution in [0, 0.1) is 12.3 Å². The first-order valence-electron chi connectivity index (χ1n) is 4.33. The monoisotopic (exact) mass is 204 g/mol. The molecule has 15 heavy (non-hydrogen) atoms. The van der Waals surface area contributed by atoms with Crippen LogP contribution in [0.25, 0.3) is 0 Å². The minimum atomic E-state index is -1.02. The van der Waals surface area contributed by atoms with Gasteiger partial charge >= 0.3 is 0 Å². The summed E-state index contributed by atoms with van der Waals surface area (Å²) in [5, 5.41) is 9.38. The molecule has 78 valence electrons. The number of terminal acetylenes is 1. The van der Waals surface area contributed by atoms with Crippen molar-refractivity contribution < 1.29 is 9.90 Å². The van der Waals surface area contributed by atoms with Crippen molar-refractivity contribution in [1.29, 1.82) is 0 Å². The fraction of sp³-hybridized carbons (Fsp3) is 0.182. The number of hydrogen-bond acceptors (Lipinski definition) is 3. The molecule has 3 N–H and O–H groups in total. The number of carbonyl (C=O) groups is 1. The second-order valence-electron chi connectivity index (χ2n) is 3.07. The van der Waals surface area contributed by atoms with Crippen LogP contribution >= 0.6 is 0 Å². The van der Waals surface area contributed by atoms with Gasteiger partial charge in [0, 0.05) is 18.3 Å². The molecule has 4 nitrogen and oxygen atoms in total. The topological polar surface area (TPSA) is 66.6 Å². The molecule has 1 atom stereocenters. The van der Waals surface area contributed by atoms with E-state index in [9.17, 15) is 9.90 Å². The number of carbonyl (C=O) groups excluding carboxylic acids is 1. The molecule has 4 heteroatoms. The van der Waals surface area contributed by atoms with Gasteiger partial charge < -0.3 is 15.7 Å². The Morgan fingerprint density at radius 2 is 2.33 bits per heavy atom. The van der Waals surface area contributed by atoms with Gasteiger partial charge in [0.15, 0.2) is 6.23 Å². The van der Waals surface area contributed by atoms with E-state index < -0.39 is 12.1 Å². The maximum absolute atomic E-state index is 10.9. The summed E-state index contributed by atoms with van der Waals surface area (Å²) in [6.07, 6.45) is 4.05. The third-order valence-corrected chi connectivity index (χ3v) is 2.05. The third kappa shape index (κ3) is 2.48. The molecule has 1 aromatic carbocycles. The molecule has 1 rings (SSSR count). The molecule has 0 radical (unpaired) electrons. The van der Waals surface area contributed by atoms with E-state index in [0.29, 0.717) is 11.3 Å². The predicted octanol–water partition coefficient (Wildman–Crippen LogP) is 0.173. The number of benzene rings is 1. The Balaban J connectivity index is 3.01. The summed E-state index contributed by atoms with van der Waals surface area (Å²) in [5.41, 5.74) is 6.15. The summed E-state index contributed by atoms with van der Waals surface area (Å²) in [6, 6.07) is 6.58. The number of amides is 1. The standard InChI is InChI=1S/C11H12N2O2/c1-3-10(14)13(2)9-6-4-5-8(7-9)11(12)15/h1,4-7,10,14H,2H3,(H2,12,15). The van der Waals surface area contributed by atoms with Gasteiger partial charge in [0.2, 0.25) is 5.91 Å². The molecule has 0 aliphatic heterocycles. The smallest absolute Gasteiger partial charge is 0.248 e. The van der Waals surface area contributed by atoms with Crippen molar-refractivity contribution in [3.63, 3.8) is 0 Å². The van der Waals surface area contributed by atoms with Gasteiger partial charge in [-0.05, 0) is 18.2 Å². The third-order valence-electron chi connectivity index (χ3n) is 2.05. The second kappa shape index (κ2) is 4.49. The van der Waals surface area contributed by atoms with Gasteiger partial charge in [0.25, 0.3) is 0 Å². The van der Waals surface area contributed by atoms with E-state index >= 15 is 0 Å². The van der Waals surface area contributed by atoms with Crippen LogP contribution in [0.5, 0.6) is 0 Å². The van der Waals surface area contributed by atoms with Crippen LogP contribution in [0.2, 0.25) is 0 Å². The molecule has 1 aromatic rings. The summed E-state index contributed by atoms with van der Waals surface area (Å²) in [7, 11) is 1.63. The Kier molecular flexibility index (Phi) is 3.32. The van der Waals surface area contributed by atoms with Gasteiger partial charge in [0.1, 0.15) is 0 Å². The van der Waals surface area contributed by atoms with Crippen LogP contribution in [-0.2, 0) is 0 Å². The van der Waals surface area contributed by atoms with Crippen molar-refractivity contribution in [2.45, 2.75) is 6.23 Å². The lowest BCUT2D eigenvalue weighted by Crippen LogP contribution is -2.29. The quantitative estimate of drug-likeness (QED) is 0.545. The zero-order valence-corrected chi connectivity index (χ0v) is 8.34. The Bertz CT molecular complexity index is 409. The van der Waals surface area contributed by atoms with Crippen molar-refractivity contribution in [2.75, 3.05) is 11.9 Å². The highest BCUT2D eigenvalue weighted by Crippen LogP contribution is 2.15. The molecule has 0 aliphatic carbocycles. The van der Waals surface area contributed by atoms with E-state index in [2.05, 4.69) is 5.92 Å². The number of anilines is 1. The van der Waals surface area contributed by atoms with Crippen LogP contribution in [0.15, 0.2) is 24.3 Å². The first-order chi connectivity index (χ1) is 7.06. The van der Waals surface area contributed by atoms with E-state index in [-0.39, 0.29) is 0 Å². The molecule has 1 unspecified atom stereocenters. The highest BCUT2D eigenvalue weighted by atomic mass is 16.3. The molecular formula is C11H12N2O2. The van der Waals surface area contributed by atoms with E-state index in [1.807, 2.05) is 0 Å². The van der Waals surface area contributed by atoms with E-state index in [1.165, 1.54) is 4.90 Å². The molecule has 0 aliphatic rings. The minimum absolute atomic E-state index is 0.378. The fourth-order valence-electron chi connectivity index (χ4n) is 1.13. The van der Waals surface area contributed by atoms with Gasteiger partial charge in [-0.3, -0.25) is 4.79 Å². The number of aliphatic hydroxyl groups is 1. The van der Waals surface area contributed by atoms with Crippen LogP contribution in [0.4, 0.5) is 5.69 Å². The summed E-state index contributed by atoms with van der Waals surface area (Å²) >= 11 is 0. The lowest BCUT2D eigenvalue weighted by Gasteiger charge is -2.21. The Morgan fingerprint density at radius 3 is 2.87 bits per heavy atom. The Labute approximate surface area is 88.3 Å². The van der Waals surface area contributed by atoms with Gasteiger partial charge in [0.05, 0.1) is 0 Å². The molecule has 0 aromatic heterocycles. The number of nitrogens with zero attached hydrogens (tertiary/aromatic N) is 1. The van der Waals surface area contributed by atoms with Crippen molar-refractivity contribution in [3.05, 3.63) is 29.8 Å². The lowest BCUT2D eigenvalue weighted by molar-refractivity contribution is 0.1000. The lowest BCUT2D eigenvalue weighted by atomic mass is 10.2. The SMILES string of the molecule is C#CC(O)N(C)c1cccc(C(N)=O)c1. The van der Waals surface area contributed by atoms with E-state index in [0.717, 1.165) is 0 Å². The first-order valence-corrected chi connectivity index (χ1v) is 4.33. The van der Waals surface area contributed by atoms with E-state index in [1.54, 1.807) is 31.3 Å². The second-order valence-corrected chi connectivity index (χ2v) is 3.07. The minimum Gasteiger partial charge on any atom is -0.366 e. The number of hydrogen-bond donors (Lipinski definition) is 2. The van der Waals surface area contributed by atoms with Crippen LogP contribution in [-0.4, -0.2) is 24.3 Å². The zero-order valence-electron chi connectivity index (χ0n) is 8.34. The van der Waals surface area contributed by atoms with Crippen LogP contribution in [0.3, 0.4) is 0 Å². The number of aliphatic hydroxyl groups excluding tert-OH is 1. The maximum Gasteiger partial charge on any atom is 0.248 e. The highest BCUT2D eigenvalue weighted by Gasteiger charge is 2.09. The summed E-state index contributed by atoms with van der Waals surface area (Å²) in [5.74, 6) is 1.66. The van der Waals surface area contributed by atoms with Crippen molar-refractivity contribution in [1.82, 2.24) is 0 Å². The van der Waals surface area contributed by atoms with Crippen molar-refractivity contribution in [2.24, 2.45) is 5.73 Å². The molecule has 0 spiro atoms. The normalized spacial score (nSPS) is 11.5. The van der Waals surface area contributed by atoms with Crippen molar-refractivity contribution in [3.8, 4) is 12.3 Å². The van der Waals surface area contributed by atoms with E-state index in [4.69, 9.17) is 12.2 Å². The average molecular weight is 204 g/mol. The summed E-state index contributed by atoms with van der Waals surface area (Å²) < 4.78 is 0. The predicted molar refractivity (Wildman–Crippen MR) is 58.2 cm³/mol. The first kappa shape index (κ1) is 11.1. The largest absolute Gasteiger partial charge is 0.366 e. The summed E-state index contributed by atoms with van der Waals surface area (Å²) in [4.78, 5) is 12.4. The average Bonchev–Trinajstić information content (AvgIpc) is 2.27. The number of primary amides is 1. The molecule has 0 saturated heterocycles. The Hall–Kier alpha value is -1.99. The van der Waals surface area contributed by atoms with Gasteiger partial charge in [-0.2, -0.15) is 0 Å². The molecular weight excluding hydrogens is 192 g/mol. The molecule has 0 fully saturated rings. The zero-order chi connectivity index (χ0) is 11.4. The Morgan fingerprint density at radius 1 is 1.67 bits per heavy atom. The van der Waals surface area contributed by atoms with Crippen LogP contribution in [0.1, 0.15) is 10.4 Å². The summed E-state index contributed by atoms with van der Waals surface area (Å²) in [6.45, 7) is 0. The number of nitrogens with two attached hydrogens (primary N) is 1. The van der Waals surface area contributed by atoms with Crippen molar-refractivity contribution >= 4 is 11.6 Å². The maximum atomic E-state index is 10.9. The molecule has 0 heterocycles. The molecule has 0 saturated carbocycles. The van der Waals surface area contributed by atoms with Gasteiger partial charge in [-0.15, -0.1) is 6.42 Å². The number of rotatable bonds is 3.